The van der Waals surface area contributed by atoms with Crippen molar-refractivity contribution in [3.05, 3.63) is 30.8 Å². The van der Waals surface area contributed by atoms with Crippen molar-refractivity contribution in [2.45, 2.75) is 12.8 Å². The summed E-state index contributed by atoms with van der Waals surface area (Å²) >= 11 is 0. The van der Waals surface area contributed by atoms with Gasteiger partial charge in [-0.2, -0.15) is 0 Å². The Bertz CT molecular complexity index is 545. The highest BCUT2D eigenvalue weighted by Gasteiger charge is 2.31. The van der Waals surface area contributed by atoms with Crippen LogP contribution in [-0.2, 0) is 6.42 Å². The van der Waals surface area contributed by atoms with Gasteiger partial charge in [-0.3, -0.25) is 0 Å². The molecule has 0 bridgehead atoms. The number of nitrogens with one attached hydrogen (secondary N) is 1. The van der Waals surface area contributed by atoms with Gasteiger partial charge >= 0.3 is 6.36 Å². The molecular formula is C11H10F3N2O. The van der Waals surface area contributed by atoms with Gasteiger partial charge in [-0.1, -0.05) is 0 Å². The van der Waals surface area contributed by atoms with Crippen LogP contribution < -0.4 is 10.5 Å². The van der Waals surface area contributed by atoms with E-state index in [-0.39, 0.29) is 11.4 Å². The second-order valence-corrected chi connectivity index (χ2v) is 3.57. The number of hydrogen-bond donors (Lipinski definition) is 2. The quantitative estimate of drug-likeness (QED) is 0.796. The minimum absolute atomic E-state index is 0.210. The van der Waals surface area contributed by atoms with Crippen LogP contribution in [0.15, 0.2) is 18.2 Å². The first-order chi connectivity index (χ1) is 7.89. The fourth-order valence-corrected chi connectivity index (χ4v) is 1.63. The molecule has 0 fully saturated rings. The monoisotopic (exact) mass is 243 g/mol. The fourth-order valence-electron chi connectivity index (χ4n) is 1.63. The van der Waals surface area contributed by atoms with E-state index in [1.165, 1.54) is 6.07 Å². The molecule has 1 aromatic carbocycles. The number of rotatable bonds is 2. The minimum atomic E-state index is -4.72. The van der Waals surface area contributed by atoms with E-state index in [1.807, 2.05) is 0 Å². The van der Waals surface area contributed by atoms with Crippen molar-refractivity contribution in [3.8, 4) is 5.75 Å². The number of benzene rings is 1. The van der Waals surface area contributed by atoms with Crippen LogP contribution >= 0.6 is 0 Å². The predicted molar refractivity (Wildman–Crippen MR) is 58.5 cm³/mol. The van der Waals surface area contributed by atoms with Crippen molar-refractivity contribution in [1.29, 1.82) is 0 Å². The molecule has 17 heavy (non-hydrogen) atoms. The number of ether oxygens (including phenoxy) is 1. The van der Waals surface area contributed by atoms with Crippen molar-refractivity contribution < 1.29 is 17.9 Å². The lowest BCUT2D eigenvalue weighted by molar-refractivity contribution is -0.274. The van der Waals surface area contributed by atoms with Gasteiger partial charge in [0.2, 0.25) is 0 Å². The van der Waals surface area contributed by atoms with Gasteiger partial charge in [0.15, 0.2) is 0 Å². The van der Waals surface area contributed by atoms with Gasteiger partial charge in [-0.25, -0.2) is 0 Å². The smallest absolute Gasteiger partial charge is 0.406 e. The summed E-state index contributed by atoms with van der Waals surface area (Å²) in [6.07, 6.45) is -4.21. The van der Waals surface area contributed by atoms with Gasteiger partial charge in [-0.15, -0.1) is 13.2 Å². The Morgan fingerprint density at radius 2 is 2.00 bits per heavy atom. The predicted octanol–water partition coefficient (Wildman–Crippen LogP) is 3.03. The summed E-state index contributed by atoms with van der Waals surface area (Å²) < 4.78 is 40.0. The van der Waals surface area contributed by atoms with E-state index in [1.54, 1.807) is 6.07 Å². The summed E-state index contributed by atoms with van der Waals surface area (Å²) in [5, 5.41) is 0.572. The Morgan fingerprint density at radius 1 is 1.29 bits per heavy atom. The number of nitrogens with two attached hydrogens (primary N) is 1. The minimum Gasteiger partial charge on any atom is -0.406 e. The molecule has 0 saturated heterocycles. The summed E-state index contributed by atoms with van der Waals surface area (Å²) in [6, 6.07) is 4.12. The van der Waals surface area contributed by atoms with E-state index >= 15 is 0 Å². The van der Waals surface area contributed by atoms with E-state index in [2.05, 4.69) is 16.6 Å². The first-order valence-electron chi connectivity index (χ1n) is 4.85. The van der Waals surface area contributed by atoms with Gasteiger partial charge in [0.1, 0.15) is 5.75 Å². The molecule has 0 spiro atoms. The van der Waals surface area contributed by atoms with Crippen LogP contribution in [0.1, 0.15) is 5.69 Å². The highest BCUT2D eigenvalue weighted by atomic mass is 19.4. The van der Waals surface area contributed by atoms with Gasteiger partial charge in [0, 0.05) is 17.1 Å². The van der Waals surface area contributed by atoms with E-state index in [4.69, 9.17) is 5.73 Å². The third-order valence-corrected chi connectivity index (χ3v) is 2.29. The zero-order valence-corrected chi connectivity index (χ0v) is 8.77. The van der Waals surface area contributed by atoms with E-state index in [0.29, 0.717) is 17.3 Å². The number of H-pyrrole nitrogens is 1. The topological polar surface area (TPSA) is 51.0 Å². The van der Waals surface area contributed by atoms with E-state index in [0.717, 1.165) is 11.8 Å². The third-order valence-electron chi connectivity index (χ3n) is 2.29. The molecule has 0 aliphatic rings. The molecule has 6 heteroatoms. The zero-order valence-electron chi connectivity index (χ0n) is 8.77. The second-order valence-electron chi connectivity index (χ2n) is 3.57. The van der Waals surface area contributed by atoms with Crippen LogP contribution in [0.25, 0.3) is 10.9 Å². The summed E-state index contributed by atoms with van der Waals surface area (Å²) in [4.78, 5) is 2.98. The summed E-state index contributed by atoms with van der Waals surface area (Å²) in [5.74, 6) is -0.322. The second kappa shape index (κ2) is 3.87. The fraction of sp³-hybridized carbons (Fsp3) is 0.182. The number of aromatic amines is 1. The number of anilines is 1. The lowest BCUT2D eigenvalue weighted by atomic mass is 10.2. The van der Waals surface area contributed by atoms with Crippen LogP contribution in [0.2, 0.25) is 0 Å². The Labute approximate surface area is 95.4 Å². The highest BCUT2D eigenvalue weighted by Crippen LogP contribution is 2.31. The van der Waals surface area contributed by atoms with E-state index in [9.17, 15) is 13.2 Å². The number of hydrogen-bond acceptors (Lipinski definition) is 2. The molecule has 2 rings (SSSR count). The Hall–Kier alpha value is -1.85. The maximum absolute atomic E-state index is 12.1. The molecule has 1 heterocycles. The number of alkyl halides is 3. The zero-order chi connectivity index (χ0) is 12.6. The van der Waals surface area contributed by atoms with Gasteiger partial charge in [0.05, 0.1) is 11.2 Å². The molecule has 91 valence electrons. The Morgan fingerprint density at radius 3 is 2.59 bits per heavy atom. The summed E-state index contributed by atoms with van der Waals surface area (Å²) in [5.41, 5.74) is 7.25. The molecule has 0 aliphatic carbocycles. The average molecular weight is 243 g/mol. The van der Waals surface area contributed by atoms with E-state index < -0.39 is 6.36 Å². The molecule has 3 nitrogen and oxygen atoms in total. The first-order valence-corrected chi connectivity index (χ1v) is 4.85. The molecule has 0 unspecified atom stereocenters. The Kier molecular flexibility index (Phi) is 2.65. The maximum atomic E-state index is 12.1. The number of nitrogen functional groups attached to an aromatic ring is 1. The highest BCUT2D eigenvalue weighted by molar-refractivity contribution is 5.92. The molecule has 0 aliphatic heterocycles. The molecule has 1 aromatic heterocycles. The van der Waals surface area contributed by atoms with Crippen molar-refractivity contribution in [1.82, 2.24) is 4.98 Å². The number of halogens is 3. The largest absolute Gasteiger partial charge is 0.573 e. The van der Waals surface area contributed by atoms with Crippen molar-refractivity contribution in [3.63, 3.8) is 0 Å². The summed E-state index contributed by atoms with van der Waals surface area (Å²) in [7, 11) is 0. The SMILES string of the molecule is [CH2]Cc1cc2cc(OC(F)(F)F)cc(N)c2[nH]1. The standard InChI is InChI=1S/C11H10F3N2O/c1-2-7-3-6-4-8(17-11(12,13)14)5-9(15)10(6)16-7/h3-5,16H,1-2,15H2. The number of aromatic nitrogens is 1. The van der Waals surface area contributed by atoms with Crippen molar-refractivity contribution in [2.75, 3.05) is 5.73 Å². The lowest BCUT2D eigenvalue weighted by Gasteiger charge is -2.09. The molecule has 1 radical (unpaired) electrons. The maximum Gasteiger partial charge on any atom is 0.573 e. The normalized spacial score (nSPS) is 12.0. The van der Waals surface area contributed by atoms with Crippen LogP contribution in [0.5, 0.6) is 5.75 Å². The van der Waals surface area contributed by atoms with Gasteiger partial charge < -0.3 is 15.5 Å². The third kappa shape index (κ3) is 2.46. The van der Waals surface area contributed by atoms with Crippen molar-refractivity contribution in [2.24, 2.45) is 0 Å². The summed E-state index contributed by atoms with van der Waals surface area (Å²) in [6.45, 7) is 3.68. The number of fused-ring (bicyclic) bond motifs is 1. The Balaban J connectivity index is 2.47. The van der Waals surface area contributed by atoms with Crippen LogP contribution in [-0.4, -0.2) is 11.3 Å². The van der Waals surface area contributed by atoms with Crippen LogP contribution in [0.4, 0.5) is 18.9 Å². The molecular weight excluding hydrogens is 233 g/mol. The van der Waals surface area contributed by atoms with Crippen molar-refractivity contribution >= 4 is 16.6 Å². The first kappa shape index (κ1) is 11.6. The molecule has 0 amide bonds. The molecule has 3 N–H and O–H groups in total. The average Bonchev–Trinajstić information content (AvgIpc) is 2.58. The molecule has 0 saturated carbocycles. The van der Waals surface area contributed by atoms with Gasteiger partial charge in [0.25, 0.3) is 0 Å². The van der Waals surface area contributed by atoms with Gasteiger partial charge in [-0.05, 0) is 25.5 Å². The molecule has 0 atom stereocenters. The van der Waals surface area contributed by atoms with Crippen LogP contribution in [0, 0.1) is 6.92 Å². The van der Waals surface area contributed by atoms with Crippen LogP contribution in [0.3, 0.4) is 0 Å². The molecule has 2 aromatic rings. The lowest BCUT2D eigenvalue weighted by Crippen LogP contribution is -2.17.